The molecule has 1 aliphatic heterocycles. The second-order valence-corrected chi connectivity index (χ2v) is 5.42. The molecule has 7 heteroatoms. The van der Waals surface area contributed by atoms with Crippen LogP contribution in [0, 0.1) is 0 Å². The van der Waals surface area contributed by atoms with Gasteiger partial charge in [0.05, 0.1) is 18.2 Å². The van der Waals surface area contributed by atoms with Crippen molar-refractivity contribution in [2.45, 2.75) is 19.9 Å². The van der Waals surface area contributed by atoms with Gasteiger partial charge in [0.2, 0.25) is 0 Å². The molecule has 1 aromatic carbocycles. The number of methoxy groups -OCH3 is 1. The number of nitrogens with zero attached hydrogens (tertiary/aromatic N) is 1. The second kappa shape index (κ2) is 7.83. The highest BCUT2D eigenvalue weighted by molar-refractivity contribution is 5.95. The van der Waals surface area contributed by atoms with E-state index in [4.69, 9.17) is 15.2 Å². The number of benzene rings is 1. The first-order chi connectivity index (χ1) is 11.5. The van der Waals surface area contributed by atoms with Gasteiger partial charge in [-0.25, -0.2) is 9.59 Å². The fraction of sp³-hybridized carbons (Fsp3) is 0.412. The van der Waals surface area contributed by atoms with Gasteiger partial charge in [-0.15, -0.1) is 0 Å². The van der Waals surface area contributed by atoms with E-state index in [9.17, 15) is 9.59 Å². The summed E-state index contributed by atoms with van der Waals surface area (Å²) in [6.07, 6.45) is 0. The Bertz CT molecular complexity index is 640. The van der Waals surface area contributed by atoms with Crippen LogP contribution < -0.4 is 11.1 Å². The molecule has 0 saturated carbocycles. The zero-order valence-corrected chi connectivity index (χ0v) is 14.2. The van der Waals surface area contributed by atoms with E-state index in [1.165, 1.54) is 12.0 Å². The molecule has 2 amide bonds. The Balaban J connectivity index is 2.39. The third-order valence-electron chi connectivity index (χ3n) is 3.92. The summed E-state index contributed by atoms with van der Waals surface area (Å²) >= 11 is 0. The molecule has 130 valence electrons. The minimum absolute atomic E-state index is 0.153. The summed E-state index contributed by atoms with van der Waals surface area (Å²) < 4.78 is 10.2. The van der Waals surface area contributed by atoms with Crippen molar-refractivity contribution in [2.75, 3.05) is 32.6 Å². The number of hydrogen-bond acceptors (Lipinski definition) is 5. The summed E-state index contributed by atoms with van der Waals surface area (Å²) in [5.41, 5.74) is 8.10. The molecule has 3 N–H and O–H groups in total. The smallest absolute Gasteiger partial charge is 0.338 e. The molecule has 0 unspecified atom stereocenters. The molecule has 0 aromatic heterocycles. The van der Waals surface area contributed by atoms with Crippen LogP contribution in [0.4, 0.5) is 10.5 Å². The third-order valence-corrected chi connectivity index (χ3v) is 3.92. The lowest BCUT2D eigenvalue weighted by Gasteiger charge is -2.34. The van der Waals surface area contributed by atoms with Gasteiger partial charge < -0.3 is 20.5 Å². The highest BCUT2D eigenvalue weighted by atomic mass is 16.6. The zero-order chi connectivity index (χ0) is 17.7. The van der Waals surface area contributed by atoms with Gasteiger partial charge in [-0.2, -0.15) is 0 Å². The molecular weight excluding hydrogens is 310 g/mol. The van der Waals surface area contributed by atoms with Crippen LogP contribution in [-0.4, -0.2) is 43.8 Å². The lowest BCUT2D eigenvalue weighted by molar-refractivity contribution is -0.140. The monoisotopic (exact) mass is 333 g/mol. The molecule has 1 aromatic rings. The second-order valence-electron chi connectivity index (χ2n) is 5.42. The van der Waals surface area contributed by atoms with E-state index in [1.807, 2.05) is 6.92 Å². The van der Waals surface area contributed by atoms with Crippen molar-refractivity contribution >= 4 is 17.7 Å². The van der Waals surface area contributed by atoms with Gasteiger partial charge in [0.1, 0.15) is 6.61 Å². The average molecular weight is 333 g/mol. The first-order valence-corrected chi connectivity index (χ1v) is 7.79. The van der Waals surface area contributed by atoms with Crippen LogP contribution in [0.2, 0.25) is 0 Å². The Morgan fingerprint density at radius 1 is 1.29 bits per heavy atom. The molecule has 0 bridgehead atoms. The molecule has 0 spiro atoms. The maximum absolute atomic E-state index is 12.6. The van der Waals surface area contributed by atoms with E-state index < -0.39 is 12.0 Å². The average Bonchev–Trinajstić information content (AvgIpc) is 2.55. The van der Waals surface area contributed by atoms with Crippen molar-refractivity contribution in [1.82, 2.24) is 10.2 Å². The summed E-state index contributed by atoms with van der Waals surface area (Å²) in [5, 5.41) is 2.86. The number of anilines is 1. The highest BCUT2D eigenvalue weighted by Crippen LogP contribution is 2.31. The minimum Gasteiger partial charge on any atom is -0.460 e. The number of nitrogen functional groups attached to an aromatic ring is 1. The van der Waals surface area contributed by atoms with Gasteiger partial charge in [0, 0.05) is 25.0 Å². The molecule has 0 radical (unpaired) electrons. The summed E-state index contributed by atoms with van der Waals surface area (Å²) in [6, 6.07) is 6.23. The predicted molar refractivity (Wildman–Crippen MR) is 90.0 cm³/mol. The number of carbonyl (C=O) groups is 2. The number of allylic oxidation sites excluding steroid dienone is 1. The van der Waals surface area contributed by atoms with Crippen molar-refractivity contribution in [3.8, 4) is 0 Å². The Morgan fingerprint density at radius 3 is 2.54 bits per heavy atom. The Kier molecular flexibility index (Phi) is 5.81. The van der Waals surface area contributed by atoms with Crippen molar-refractivity contribution in [2.24, 2.45) is 0 Å². The molecule has 0 saturated heterocycles. The summed E-state index contributed by atoms with van der Waals surface area (Å²) in [6.45, 7) is 4.52. The molecular formula is C17H23N3O4. The number of amides is 2. The molecule has 7 nitrogen and oxygen atoms in total. The van der Waals surface area contributed by atoms with Crippen LogP contribution in [0.3, 0.4) is 0 Å². The Labute approximate surface area is 141 Å². The van der Waals surface area contributed by atoms with E-state index in [1.54, 1.807) is 31.2 Å². The van der Waals surface area contributed by atoms with Gasteiger partial charge in [0.25, 0.3) is 0 Å². The molecule has 1 aliphatic rings. The zero-order valence-electron chi connectivity index (χ0n) is 14.2. The largest absolute Gasteiger partial charge is 0.460 e. The van der Waals surface area contributed by atoms with E-state index in [2.05, 4.69) is 5.32 Å². The van der Waals surface area contributed by atoms with Gasteiger partial charge in [-0.05, 0) is 31.5 Å². The summed E-state index contributed by atoms with van der Waals surface area (Å²) in [7, 11) is 1.54. The van der Waals surface area contributed by atoms with Crippen molar-refractivity contribution in [1.29, 1.82) is 0 Å². The number of nitrogens with two attached hydrogens (primary N) is 1. The summed E-state index contributed by atoms with van der Waals surface area (Å²) in [5.74, 6) is -0.468. The lowest BCUT2D eigenvalue weighted by Crippen LogP contribution is -2.47. The number of esters is 1. The number of carbonyl (C=O) groups excluding carboxylic acids is 2. The van der Waals surface area contributed by atoms with E-state index in [-0.39, 0.29) is 12.6 Å². The van der Waals surface area contributed by atoms with Gasteiger partial charge >= 0.3 is 12.0 Å². The maximum Gasteiger partial charge on any atom is 0.338 e. The highest BCUT2D eigenvalue weighted by Gasteiger charge is 2.35. The summed E-state index contributed by atoms with van der Waals surface area (Å²) in [4.78, 5) is 26.4. The standard InChI is InChI=1S/C17H23N3O4/c1-4-20-11(2)14(16(21)24-10-9-23-3)15(19-17(20)22)12-5-7-13(18)8-6-12/h5-8,15H,4,9-10,18H2,1-3H3,(H,19,22)/t15-/m0/s1. The van der Waals surface area contributed by atoms with Gasteiger partial charge in [0.15, 0.2) is 0 Å². The van der Waals surface area contributed by atoms with Crippen molar-refractivity contribution < 1.29 is 19.1 Å². The van der Waals surface area contributed by atoms with E-state index in [0.29, 0.717) is 30.1 Å². The number of hydrogen-bond donors (Lipinski definition) is 2. The van der Waals surface area contributed by atoms with Crippen LogP contribution >= 0.6 is 0 Å². The predicted octanol–water partition coefficient (Wildman–Crippen LogP) is 1.82. The van der Waals surface area contributed by atoms with E-state index in [0.717, 1.165) is 5.56 Å². The first-order valence-electron chi connectivity index (χ1n) is 7.79. The number of urea groups is 1. The Hall–Kier alpha value is -2.54. The Morgan fingerprint density at radius 2 is 1.96 bits per heavy atom. The van der Waals surface area contributed by atoms with Crippen LogP contribution in [0.25, 0.3) is 0 Å². The van der Waals surface area contributed by atoms with Crippen molar-refractivity contribution in [3.05, 3.63) is 41.1 Å². The molecule has 0 aliphatic carbocycles. The number of ether oxygens (including phenoxy) is 2. The molecule has 1 atom stereocenters. The molecule has 0 fully saturated rings. The third kappa shape index (κ3) is 3.68. The minimum atomic E-state index is -0.573. The SMILES string of the molecule is CCN1C(=O)N[C@@H](c2ccc(N)cc2)C(C(=O)OCCOC)=C1C. The molecule has 2 rings (SSSR count). The molecule has 1 heterocycles. The van der Waals surface area contributed by atoms with Crippen molar-refractivity contribution in [3.63, 3.8) is 0 Å². The topological polar surface area (TPSA) is 93.9 Å². The van der Waals surface area contributed by atoms with Gasteiger partial charge in [-0.1, -0.05) is 12.1 Å². The van der Waals surface area contributed by atoms with E-state index >= 15 is 0 Å². The quantitative estimate of drug-likeness (QED) is 0.470. The normalized spacial score (nSPS) is 17.7. The van der Waals surface area contributed by atoms with Gasteiger partial charge in [-0.3, -0.25) is 4.90 Å². The van der Waals surface area contributed by atoms with Crippen LogP contribution in [0.1, 0.15) is 25.5 Å². The fourth-order valence-corrected chi connectivity index (χ4v) is 2.66. The first kappa shape index (κ1) is 17.8. The molecule has 24 heavy (non-hydrogen) atoms. The number of nitrogens with one attached hydrogen (secondary N) is 1. The fourth-order valence-electron chi connectivity index (χ4n) is 2.66. The lowest BCUT2D eigenvalue weighted by atomic mass is 9.94. The van der Waals surface area contributed by atoms with Crippen LogP contribution in [0.15, 0.2) is 35.5 Å². The maximum atomic E-state index is 12.6. The van der Waals surface area contributed by atoms with Crippen LogP contribution in [-0.2, 0) is 14.3 Å². The number of rotatable bonds is 6. The van der Waals surface area contributed by atoms with Crippen LogP contribution in [0.5, 0.6) is 0 Å².